The molecule has 0 nitrogen and oxygen atoms in total. The van der Waals surface area contributed by atoms with Crippen molar-refractivity contribution in [2.75, 3.05) is 0 Å². The van der Waals surface area contributed by atoms with Gasteiger partial charge in [0.15, 0.2) is 0 Å². The van der Waals surface area contributed by atoms with E-state index in [1.54, 1.807) is 0 Å². The molecule has 0 aromatic heterocycles. The summed E-state index contributed by atoms with van der Waals surface area (Å²) < 4.78 is 0. The molecule has 5 heavy (non-hydrogen) atoms. The van der Waals surface area contributed by atoms with Crippen LogP contribution in [-0.4, -0.2) is 14.0 Å². The van der Waals surface area contributed by atoms with Gasteiger partial charge in [-0.15, -0.1) is 0 Å². The summed E-state index contributed by atoms with van der Waals surface area (Å²) in [4.78, 5) is 0. The van der Waals surface area contributed by atoms with E-state index in [4.69, 9.17) is 10.1 Å². The molecule has 0 saturated heterocycles. The van der Waals surface area contributed by atoms with Crippen LogP contribution in [0, 0.1) is 0 Å². The molecule has 0 spiro atoms. The summed E-state index contributed by atoms with van der Waals surface area (Å²) >= 11 is 0.398. The number of hydrogen-bond donors (Lipinski definition) is 0. The fourth-order valence-electron chi connectivity index (χ4n) is 0.0772. The summed E-state index contributed by atoms with van der Waals surface area (Å²) in [5.74, 6) is 0. The summed E-state index contributed by atoms with van der Waals surface area (Å²) in [6.07, 6.45) is 1.24. The molecule has 0 amide bonds. The Balaban J connectivity index is 2.19. The van der Waals surface area contributed by atoms with E-state index in [0.29, 0.717) is 14.0 Å². The SMILES string of the molecule is CCC[Se]Cl. The summed E-state index contributed by atoms with van der Waals surface area (Å²) in [5.41, 5.74) is 0. The number of rotatable bonds is 2. The van der Waals surface area contributed by atoms with Crippen molar-refractivity contribution < 1.29 is 0 Å². The number of hydrogen-bond acceptors (Lipinski definition) is 0. The monoisotopic (exact) mass is 158 g/mol. The van der Waals surface area contributed by atoms with E-state index in [-0.39, 0.29) is 0 Å². The van der Waals surface area contributed by atoms with Crippen LogP contribution in [0.4, 0.5) is 0 Å². The second-order valence-corrected chi connectivity index (χ2v) is 3.26. The fourth-order valence-corrected chi connectivity index (χ4v) is 1.20. The molecule has 0 atom stereocenters. The molecule has 0 rings (SSSR count). The Labute approximate surface area is 43.3 Å². The van der Waals surface area contributed by atoms with Crippen LogP contribution >= 0.6 is 10.1 Å². The van der Waals surface area contributed by atoms with Gasteiger partial charge >= 0.3 is 42.8 Å². The molecule has 0 aromatic rings. The van der Waals surface area contributed by atoms with Crippen molar-refractivity contribution in [2.45, 2.75) is 18.7 Å². The minimum absolute atomic E-state index is 0.398. The molecule has 0 aliphatic rings. The first-order valence-electron chi connectivity index (χ1n) is 1.65. The standard InChI is InChI=1S/C3H7ClSe/c1-2-3-5-4/h2-3H2,1H3. The normalized spacial score (nSPS) is 8.40. The van der Waals surface area contributed by atoms with Crippen molar-refractivity contribution in [2.24, 2.45) is 0 Å². The Kier molecular flexibility index (Phi) is 5.59. The van der Waals surface area contributed by atoms with Crippen molar-refractivity contribution in [3.05, 3.63) is 0 Å². The zero-order chi connectivity index (χ0) is 4.12. The van der Waals surface area contributed by atoms with Gasteiger partial charge in [-0.25, -0.2) is 0 Å². The van der Waals surface area contributed by atoms with Gasteiger partial charge in [0.05, 0.1) is 0 Å². The number of halogens is 1. The van der Waals surface area contributed by atoms with Crippen LogP contribution in [0.5, 0.6) is 0 Å². The van der Waals surface area contributed by atoms with E-state index in [2.05, 4.69) is 6.92 Å². The van der Waals surface area contributed by atoms with Gasteiger partial charge < -0.3 is 0 Å². The fraction of sp³-hybridized carbons (Fsp3) is 1.00. The van der Waals surface area contributed by atoms with Crippen molar-refractivity contribution in [3.8, 4) is 0 Å². The first kappa shape index (κ1) is 5.81. The van der Waals surface area contributed by atoms with Gasteiger partial charge in [-0.3, -0.25) is 0 Å². The quantitative estimate of drug-likeness (QED) is 0.535. The Hall–Kier alpha value is 0.809. The maximum absolute atomic E-state index is 5.36. The summed E-state index contributed by atoms with van der Waals surface area (Å²) in [6, 6.07) is 0. The van der Waals surface area contributed by atoms with E-state index in [9.17, 15) is 0 Å². The van der Waals surface area contributed by atoms with E-state index < -0.39 is 0 Å². The van der Waals surface area contributed by atoms with Crippen LogP contribution < -0.4 is 0 Å². The molecule has 0 fully saturated rings. The van der Waals surface area contributed by atoms with Crippen molar-refractivity contribution in [1.29, 1.82) is 0 Å². The van der Waals surface area contributed by atoms with Crippen LogP contribution in [0.25, 0.3) is 0 Å². The zero-order valence-electron chi connectivity index (χ0n) is 3.20. The van der Waals surface area contributed by atoms with Crippen LogP contribution in [0.1, 0.15) is 13.3 Å². The second kappa shape index (κ2) is 4.81. The molecule has 0 bridgehead atoms. The van der Waals surface area contributed by atoms with Crippen LogP contribution in [0.15, 0.2) is 0 Å². The van der Waals surface area contributed by atoms with E-state index in [0.717, 1.165) is 0 Å². The maximum atomic E-state index is 5.36. The molecule has 0 aliphatic carbocycles. The minimum atomic E-state index is 0.398. The average molecular weight is 158 g/mol. The van der Waals surface area contributed by atoms with Crippen LogP contribution in [0.3, 0.4) is 0 Å². The molecule has 0 saturated carbocycles. The third kappa shape index (κ3) is 4.81. The predicted molar refractivity (Wildman–Crippen MR) is 26.7 cm³/mol. The zero-order valence-corrected chi connectivity index (χ0v) is 5.67. The Bertz CT molecular complexity index is 14.4. The third-order valence-electron chi connectivity index (χ3n) is 0.281. The molecule has 0 N–H and O–H groups in total. The Morgan fingerprint density at radius 3 is 2.40 bits per heavy atom. The molecular weight excluding hydrogens is 150 g/mol. The molecule has 2 heteroatoms. The van der Waals surface area contributed by atoms with Crippen molar-refractivity contribution in [1.82, 2.24) is 0 Å². The van der Waals surface area contributed by atoms with Gasteiger partial charge in [-0.1, -0.05) is 0 Å². The van der Waals surface area contributed by atoms with Crippen molar-refractivity contribution >= 4 is 24.1 Å². The molecular formula is C3H7ClSe. The van der Waals surface area contributed by atoms with Crippen LogP contribution in [0.2, 0.25) is 5.32 Å². The molecule has 0 unspecified atom stereocenters. The van der Waals surface area contributed by atoms with Gasteiger partial charge in [-0.2, -0.15) is 0 Å². The predicted octanol–water partition coefficient (Wildman–Crippen LogP) is 1.67. The van der Waals surface area contributed by atoms with Crippen molar-refractivity contribution in [3.63, 3.8) is 0 Å². The van der Waals surface area contributed by atoms with Gasteiger partial charge in [-0.05, 0) is 0 Å². The Morgan fingerprint density at radius 2 is 2.40 bits per heavy atom. The topological polar surface area (TPSA) is 0 Å². The molecule has 0 aliphatic heterocycles. The Morgan fingerprint density at radius 1 is 1.80 bits per heavy atom. The molecule has 32 valence electrons. The molecule has 0 aromatic carbocycles. The van der Waals surface area contributed by atoms with Gasteiger partial charge in [0, 0.05) is 0 Å². The first-order chi connectivity index (χ1) is 2.41. The van der Waals surface area contributed by atoms with Gasteiger partial charge in [0.1, 0.15) is 0 Å². The summed E-state index contributed by atoms with van der Waals surface area (Å²) in [7, 11) is 5.36. The molecule has 0 radical (unpaired) electrons. The van der Waals surface area contributed by atoms with E-state index in [1.807, 2.05) is 0 Å². The van der Waals surface area contributed by atoms with Gasteiger partial charge in [0.25, 0.3) is 0 Å². The third-order valence-corrected chi connectivity index (χ3v) is 2.26. The summed E-state index contributed by atoms with van der Waals surface area (Å²) in [5, 5.41) is 1.22. The first-order valence-corrected chi connectivity index (χ1v) is 5.11. The van der Waals surface area contributed by atoms with Gasteiger partial charge in [0.2, 0.25) is 0 Å². The summed E-state index contributed by atoms with van der Waals surface area (Å²) in [6.45, 7) is 2.14. The second-order valence-electron chi connectivity index (χ2n) is 0.813. The van der Waals surface area contributed by atoms with Crippen LogP contribution in [-0.2, 0) is 0 Å². The van der Waals surface area contributed by atoms with E-state index in [1.165, 1.54) is 11.7 Å². The molecule has 0 heterocycles. The average Bonchev–Trinajstić information content (AvgIpc) is 1.41. The van der Waals surface area contributed by atoms with E-state index >= 15 is 0 Å².